The van der Waals surface area contributed by atoms with E-state index in [1.54, 1.807) is 6.92 Å². The summed E-state index contributed by atoms with van der Waals surface area (Å²) in [6.45, 7) is 5.84. The number of aliphatic imine (C=N–C) groups is 1. The molecule has 5 heteroatoms. The van der Waals surface area contributed by atoms with Crippen molar-refractivity contribution >= 4 is 34.6 Å². The van der Waals surface area contributed by atoms with Gasteiger partial charge in [0.2, 0.25) is 0 Å². The molecule has 1 heterocycles. The van der Waals surface area contributed by atoms with Gasteiger partial charge in [0.25, 0.3) is 0 Å². The van der Waals surface area contributed by atoms with Crippen LogP contribution in [0.5, 0.6) is 0 Å². The number of allylic oxidation sites excluding steroid dienone is 1. The maximum atomic E-state index is 11.9. The number of ketones is 1. The Kier molecular flexibility index (Phi) is 5.16. The molecular weight excluding hydrogens is 330 g/mol. The molecule has 132 valence electrons. The highest BCUT2D eigenvalue weighted by Gasteiger charge is 2.29. The number of rotatable bonds is 5. The van der Waals surface area contributed by atoms with Crippen LogP contribution in [0.2, 0.25) is 0 Å². The lowest BCUT2D eigenvalue weighted by Gasteiger charge is -2.32. The second-order valence-corrected chi connectivity index (χ2v) is 8.23. The molecule has 0 spiro atoms. The van der Waals surface area contributed by atoms with Gasteiger partial charge in [0.15, 0.2) is 5.78 Å². The minimum absolute atomic E-state index is 0.0689. The number of carbonyl (C=O) groups is 1. The highest BCUT2D eigenvalue weighted by molar-refractivity contribution is 8.01. The van der Waals surface area contributed by atoms with Gasteiger partial charge in [-0.15, -0.1) is 11.8 Å². The Morgan fingerprint density at radius 1 is 1.36 bits per heavy atom. The molecule has 2 unspecified atom stereocenters. The summed E-state index contributed by atoms with van der Waals surface area (Å²) in [7, 11) is 6.17. The van der Waals surface area contributed by atoms with Gasteiger partial charge in [-0.25, -0.2) is 0 Å². The number of carbonyl (C=O) groups excluding carboxylic acids is 1. The first kappa shape index (κ1) is 18.0. The summed E-state index contributed by atoms with van der Waals surface area (Å²) >= 11 is 1.88. The number of likely N-dealkylation sites (N-methyl/N-ethyl adjacent to an activating group) is 2. The molecule has 1 aromatic carbocycles. The predicted molar refractivity (Wildman–Crippen MR) is 108 cm³/mol. The van der Waals surface area contributed by atoms with Crippen LogP contribution in [0.25, 0.3) is 0 Å². The van der Waals surface area contributed by atoms with Crippen LogP contribution in [-0.4, -0.2) is 55.4 Å². The molecule has 0 radical (unpaired) electrons. The summed E-state index contributed by atoms with van der Waals surface area (Å²) in [5, 5.41) is 0.391. The largest absolute Gasteiger partial charge is 0.367 e. The van der Waals surface area contributed by atoms with Crippen molar-refractivity contribution in [3.05, 3.63) is 42.5 Å². The Balaban J connectivity index is 1.81. The molecule has 1 aliphatic carbocycles. The number of thioether (sulfide) groups is 1. The van der Waals surface area contributed by atoms with E-state index in [9.17, 15) is 4.79 Å². The Hall–Kier alpha value is -1.85. The number of Topliss-reactive ketones (excluding diaryl/α,β-unsaturated/α-hetero) is 1. The summed E-state index contributed by atoms with van der Waals surface area (Å²) in [6.07, 6.45) is 5.48. The van der Waals surface area contributed by atoms with Crippen LogP contribution in [0.15, 0.2) is 52.4 Å². The number of hydrogen-bond donors (Lipinski definition) is 0. The van der Waals surface area contributed by atoms with Crippen molar-refractivity contribution in [1.82, 2.24) is 4.90 Å². The average molecular weight is 356 g/mol. The first-order valence-corrected chi connectivity index (χ1v) is 9.37. The molecule has 0 saturated carbocycles. The van der Waals surface area contributed by atoms with Gasteiger partial charge < -0.3 is 9.80 Å². The van der Waals surface area contributed by atoms with Gasteiger partial charge in [-0.1, -0.05) is 12.7 Å². The molecule has 1 aliphatic heterocycles. The van der Waals surface area contributed by atoms with E-state index in [4.69, 9.17) is 4.99 Å². The maximum Gasteiger partial charge on any atom is 0.177 e. The van der Waals surface area contributed by atoms with Gasteiger partial charge in [-0.2, -0.15) is 0 Å². The summed E-state index contributed by atoms with van der Waals surface area (Å²) in [4.78, 5) is 22.2. The number of nitrogens with zero attached hydrogens (tertiary/aromatic N) is 3. The van der Waals surface area contributed by atoms with E-state index in [0.29, 0.717) is 23.4 Å². The van der Waals surface area contributed by atoms with Gasteiger partial charge in [0.05, 0.1) is 23.2 Å². The summed E-state index contributed by atoms with van der Waals surface area (Å²) in [6, 6.07) is 6.69. The Morgan fingerprint density at radius 3 is 2.80 bits per heavy atom. The molecular formula is C20H25N3OS. The van der Waals surface area contributed by atoms with E-state index >= 15 is 0 Å². The Bertz CT molecular complexity index is 766. The first-order chi connectivity index (χ1) is 11.8. The number of benzene rings is 1. The third-order valence-electron chi connectivity index (χ3n) is 4.70. The van der Waals surface area contributed by atoms with Gasteiger partial charge in [-0.3, -0.25) is 9.79 Å². The van der Waals surface area contributed by atoms with Gasteiger partial charge >= 0.3 is 0 Å². The molecule has 0 N–H and O–H groups in total. The van der Waals surface area contributed by atoms with E-state index in [1.165, 1.54) is 4.90 Å². The zero-order chi connectivity index (χ0) is 18.1. The second kappa shape index (κ2) is 7.18. The van der Waals surface area contributed by atoms with Crippen LogP contribution >= 0.6 is 11.8 Å². The SMILES string of the molecule is C=C(C)C(=O)CN(C)c1ccc2c(c1)SC1CC(N(C)C)C=CC1=N2. The zero-order valence-electron chi connectivity index (χ0n) is 15.3. The molecule has 2 aliphatic rings. The van der Waals surface area contributed by atoms with E-state index < -0.39 is 0 Å². The Labute approximate surface area is 154 Å². The monoisotopic (exact) mass is 355 g/mol. The van der Waals surface area contributed by atoms with Crippen molar-refractivity contribution in [2.24, 2.45) is 4.99 Å². The quantitative estimate of drug-likeness (QED) is 0.755. The Morgan fingerprint density at radius 2 is 2.12 bits per heavy atom. The fourth-order valence-corrected chi connectivity index (χ4v) is 4.27. The highest BCUT2D eigenvalue weighted by atomic mass is 32.2. The summed E-state index contributed by atoms with van der Waals surface area (Å²) in [5.41, 5.74) is 3.81. The summed E-state index contributed by atoms with van der Waals surface area (Å²) < 4.78 is 0. The number of fused-ring (bicyclic) bond motifs is 2. The molecule has 0 amide bonds. The fraction of sp³-hybridized carbons (Fsp3) is 0.400. The number of hydrogen-bond acceptors (Lipinski definition) is 5. The van der Waals surface area contributed by atoms with E-state index in [0.717, 1.165) is 23.5 Å². The highest BCUT2D eigenvalue weighted by Crippen LogP contribution is 2.43. The van der Waals surface area contributed by atoms with Gasteiger partial charge in [0.1, 0.15) is 0 Å². The average Bonchev–Trinajstić information content (AvgIpc) is 2.58. The van der Waals surface area contributed by atoms with E-state index in [1.807, 2.05) is 29.8 Å². The van der Waals surface area contributed by atoms with Crippen molar-refractivity contribution in [1.29, 1.82) is 0 Å². The molecule has 0 aromatic heterocycles. The number of anilines is 1. The zero-order valence-corrected chi connectivity index (χ0v) is 16.1. The molecule has 3 rings (SSSR count). The minimum Gasteiger partial charge on any atom is -0.367 e. The lowest BCUT2D eigenvalue weighted by atomic mass is 9.99. The smallest absolute Gasteiger partial charge is 0.177 e. The van der Waals surface area contributed by atoms with Crippen molar-refractivity contribution in [2.45, 2.75) is 29.5 Å². The molecule has 0 bridgehead atoms. The topological polar surface area (TPSA) is 35.9 Å². The van der Waals surface area contributed by atoms with Crippen LogP contribution in [0, 0.1) is 0 Å². The van der Waals surface area contributed by atoms with E-state index in [-0.39, 0.29) is 5.78 Å². The lowest BCUT2D eigenvalue weighted by molar-refractivity contribution is -0.114. The molecule has 4 nitrogen and oxygen atoms in total. The summed E-state index contributed by atoms with van der Waals surface area (Å²) in [5.74, 6) is 0.0689. The van der Waals surface area contributed by atoms with Gasteiger partial charge in [0, 0.05) is 23.7 Å². The molecule has 25 heavy (non-hydrogen) atoms. The molecule has 2 atom stereocenters. The van der Waals surface area contributed by atoms with Crippen LogP contribution in [0.3, 0.4) is 0 Å². The fourth-order valence-electron chi connectivity index (χ4n) is 3.00. The third-order valence-corrected chi connectivity index (χ3v) is 6.00. The molecule has 0 saturated heterocycles. The van der Waals surface area contributed by atoms with Crippen molar-refractivity contribution in [3.8, 4) is 0 Å². The second-order valence-electron chi connectivity index (χ2n) is 6.98. The van der Waals surface area contributed by atoms with Gasteiger partial charge in [-0.05, 0) is 57.3 Å². The van der Waals surface area contributed by atoms with Crippen LogP contribution in [0.4, 0.5) is 11.4 Å². The normalized spacial score (nSPS) is 21.4. The van der Waals surface area contributed by atoms with Crippen molar-refractivity contribution in [3.63, 3.8) is 0 Å². The molecule has 1 aromatic rings. The van der Waals surface area contributed by atoms with Crippen LogP contribution in [0.1, 0.15) is 13.3 Å². The van der Waals surface area contributed by atoms with Crippen LogP contribution < -0.4 is 4.90 Å². The van der Waals surface area contributed by atoms with Crippen molar-refractivity contribution in [2.75, 3.05) is 32.6 Å². The van der Waals surface area contributed by atoms with Crippen molar-refractivity contribution < 1.29 is 4.79 Å². The maximum absolute atomic E-state index is 11.9. The predicted octanol–water partition coefficient (Wildman–Crippen LogP) is 3.70. The third kappa shape index (κ3) is 3.88. The standard InChI is InChI=1S/C20H25N3OS/c1-13(2)18(24)12-23(5)15-7-9-17-20(11-15)25-19-10-14(22(3)4)6-8-16(19)21-17/h6-9,11,14,19H,1,10,12H2,2-5H3. The minimum atomic E-state index is 0.0689. The lowest BCUT2D eigenvalue weighted by Crippen LogP contribution is -2.35. The van der Waals surface area contributed by atoms with E-state index in [2.05, 4.69) is 49.9 Å². The van der Waals surface area contributed by atoms with Crippen LogP contribution in [-0.2, 0) is 4.79 Å². The molecule has 0 fully saturated rings. The first-order valence-electron chi connectivity index (χ1n) is 8.49.